The minimum Gasteiger partial charge on any atom is -0.457 e. The molecular weight excluding hydrogens is 331 g/mol. The molecule has 5 rings (SSSR count). The normalized spacial score (nSPS) is 36.6. The van der Waals surface area contributed by atoms with E-state index in [4.69, 9.17) is 16.3 Å². The van der Waals surface area contributed by atoms with Crippen LogP contribution in [0.25, 0.3) is 0 Å². The van der Waals surface area contributed by atoms with E-state index < -0.39 is 11.2 Å². The highest BCUT2D eigenvalue weighted by Gasteiger charge is 2.60. The van der Waals surface area contributed by atoms with Gasteiger partial charge in [0.25, 0.3) is 0 Å². The molecule has 2 unspecified atom stereocenters. The van der Waals surface area contributed by atoms with E-state index in [-0.39, 0.29) is 28.8 Å². The first-order valence-corrected chi connectivity index (χ1v) is 8.90. The van der Waals surface area contributed by atoms with Gasteiger partial charge in [-0.05, 0) is 62.5 Å². The summed E-state index contributed by atoms with van der Waals surface area (Å²) < 4.78 is 18.6. The third-order valence-electron chi connectivity index (χ3n) is 5.90. The van der Waals surface area contributed by atoms with Gasteiger partial charge in [-0.25, -0.2) is 4.39 Å². The third-order valence-corrected chi connectivity index (χ3v) is 6.35. The second-order valence-electron chi connectivity index (χ2n) is 7.90. The number of carbonyl (C=O) groups excluding carboxylic acids is 2. The average Bonchev–Trinajstić information content (AvgIpc) is 2.49. The van der Waals surface area contributed by atoms with E-state index in [1.807, 2.05) is 0 Å². The standard InChI is InChI=1S/C19H20ClFO3/c20-19-8-12-4-13(9-19)7-18(6-12,11-19)17(23)24-10-16(22)14-2-1-3-15(21)5-14/h1-3,5,12-13H,4,6-11H2/t12-,13+,18?,19?. The number of halogens is 2. The van der Waals surface area contributed by atoms with Gasteiger partial charge in [-0.3, -0.25) is 9.59 Å². The van der Waals surface area contributed by atoms with Crippen LogP contribution in [0, 0.1) is 23.1 Å². The predicted molar refractivity (Wildman–Crippen MR) is 87.4 cm³/mol. The van der Waals surface area contributed by atoms with Crippen LogP contribution >= 0.6 is 11.6 Å². The summed E-state index contributed by atoms with van der Waals surface area (Å²) in [6.07, 6.45) is 5.44. The van der Waals surface area contributed by atoms with Gasteiger partial charge in [0.1, 0.15) is 5.82 Å². The molecule has 4 saturated carbocycles. The Balaban J connectivity index is 1.44. The number of ether oxygens (including phenoxy) is 1. The Bertz CT molecular complexity index is 688. The molecule has 3 nitrogen and oxygen atoms in total. The smallest absolute Gasteiger partial charge is 0.312 e. The molecular formula is C19H20ClFO3. The second-order valence-corrected chi connectivity index (χ2v) is 8.70. The number of hydrogen-bond donors (Lipinski definition) is 0. The highest BCUT2D eigenvalue weighted by molar-refractivity contribution is 6.24. The number of esters is 1. The molecule has 0 aromatic heterocycles. The molecule has 0 saturated heterocycles. The van der Waals surface area contributed by atoms with Gasteiger partial charge in [-0.2, -0.15) is 0 Å². The van der Waals surface area contributed by atoms with Gasteiger partial charge in [-0.15, -0.1) is 11.6 Å². The van der Waals surface area contributed by atoms with E-state index in [1.165, 1.54) is 18.2 Å². The topological polar surface area (TPSA) is 43.4 Å². The lowest BCUT2D eigenvalue weighted by molar-refractivity contribution is -0.168. The Morgan fingerprint density at radius 2 is 1.92 bits per heavy atom. The summed E-state index contributed by atoms with van der Waals surface area (Å²) in [7, 11) is 0. The zero-order chi connectivity index (χ0) is 16.9. The molecule has 1 aromatic carbocycles. The first-order chi connectivity index (χ1) is 11.4. The molecule has 4 bridgehead atoms. The first kappa shape index (κ1) is 16.1. The van der Waals surface area contributed by atoms with Gasteiger partial charge in [0.15, 0.2) is 12.4 Å². The van der Waals surface area contributed by atoms with Gasteiger partial charge in [0.05, 0.1) is 5.41 Å². The van der Waals surface area contributed by atoms with Crippen LogP contribution in [0.1, 0.15) is 48.9 Å². The van der Waals surface area contributed by atoms with E-state index in [0.717, 1.165) is 38.2 Å². The fraction of sp³-hybridized carbons (Fsp3) is 0.579. The molecule has 0 radical (unpaired) electrons. The van der Waals surface area contributed by atoms with Gasteiger partial charge in [0.2, 0.25) is 0 Å². The number of rotatable bonds is 4. The molecule has 0 spiro atoms. The average molecular weight is 351 g/mol. The Kier molecular flexibility index (Phi) is 3.72. The van der Waals surface area contributed by atoms with Gasteiger partial charge in [0, 0.05) is 10.4 Å². The van der Waals surface area contributed by atoms with E-state index in [9.17, 15) is 14.0 Å². The van der Waals surface area contributed by atoms with Crippen LogP contribution in [0.5, 0.6) is 0 Å². The van der Waals surface area contributed by atoms with Crippen LogP contribution in [-0.2, 0) is 9.53 Å². The van der Waals surface area contributed by atoms with Crippen molar-refractivity contribution in [3.8, 4) is 0 Å². The zero-order valence-corrected chi connectivity index (χ0v) is 14.2. The molecule has 4 aliphatic carbocycles. The lowest BCUT2D eigenvalue weighted by Crippen LogP contribution is -2.56. The van der Waals surface area contributed by atoms with E-state index in [1.54, 1.807) is 0 Å². The number of ketones is 1. The Hall–Kier alpha value is -1.42. The van der Waals surface area contributed by atoms with Gasteiger partial charge < -0.3 is 4.74 Å². The summed E-state index contributed by atoms with van der Waals surface area (Å²) in [5.74, 6) is -0.165. The minimum absolute atomic E-state index is 0.224. The summed E-state index contributed by atoms with van der Waals surface area (Å²) in [5, 5.41) is 0. The lowest BCUT2D eigenvalue weighted by atomic mass is 9.49. The molecule has 0 amide bonds. The maximum absolute atomic E-state index is 13.2. The molecule has 4 atom stereocenters. The predicted octanol–water partition coefficient (Wildman–Crippen LogP) is 4.13. The number of alkyl halides is 1. The summed E-state index contributed by atoms with van der Waals surface area (Å²) in [5.41, 5.74) is -0.296. The number of benzene rings is 1. The Morgan fingerprint density at radius 3 is 2.54 bits per heavy atom. The highest BCUT2D eigenvalue weighted by atomic mass is 35.5. The van der Waals surface area contributed by atoms with Crippen LogP contribution in [0.3, 0.4) is 0 Å². The number of hydrogen-bond acceptors (Lipinski definition) is 3. The van der Waals surface area contributed by atoms with E-state index in [0.29, 0.717) is 18.3 Å². The molecule has 24 heavy (non-hydrogen) atoms. The molecule has 0 N–H and O–H groups in total. The lowest BCUT2D eigenvalue weighted by Gasteiger charge is -2.58. The Labute approximate surface area is 145 Å². The van der Waals surface area contributed by atoms with Crippen molar-refractivity contribution >= 4 is 23.4 Å². The molecule has 0 aliphatic heterocycles. The quantitative estimate of drug-likeness (QED) is 0.466. The molecule has 4 fully saturated rings. The second kappa shape index (κ2) is 5.55. The van der Waals surface area contributed by atoms with E-state index in [2.05, 4.69) is 0 Å². The molecule has 128 valence electrons. The molecule has 4 aliphatic rings. The highest BCUT2D eigenvalue weighted by Crippen LogP contribution is 2.64. The first-order valence-electron chi connectivity index (χ1n) is 8.52. The van der Waals surface area contributed by atoms with Crippen molar-refractivity contribution in [2.24, 2.45) is 17.3 Å². The number of Topliss-reactive ketones (excluding diaryl/α,β-unsaturated/α-hetero) is 1. The number of carbonyl (C=O) groups is 2. The van der Waals surface area contributed by atoms with Crippen LogP contribution in [-0.4, -0.2) is 23.2 Å². The minimum atomic E-state index is -0.520. The maximum Gasteiger partial charge on any atom is 0.312 e. The van der Waals surface area contributed by atoms with Crippen molar-refractivity contribution in [2.45, 2.75) is 43.4 Å². The van der Waals surface area contributed by atoms with Crippen molar-refractivity contribution in [2.75, 3.05) is 6.61 Å². The summed E-state index contributed by atoms with van der Waals surface area (Å²) in [4.78, 5) is 24.6. The van der Waals surface area contributed by atoms with Gasteiger partial charge >= 0.3 is 5.97 Å². The largest absolute Gasteiger partial charge is 0.457 e. The third kappa shape index (κ3) is 2.75. The van der Waals surface area contributed by atoms with Crippen LogP contribution in [0.4, 0.5) is 4.39 Å². The van der Waals surface area contributed by atoms with Crippen molar-refractivity contribution in [3.63, 3.8) is 0 Å². The monoisotopic (exact) mass is 350 g/mol. The van der Waals surface area contributed by atoms with Crippen LogP contribution in [0.2, 0.25) is 0 Å². The molecule has 5 heteroatoms. The van der Waals surface area contributed by atoms with Crippen molar-refractivity contribution < 1.29 is 18.7 Å². The SMILES string of the molecule is O=C(COC(=O)C12C[C@@H]3C[C@@H](CC(Cl)(C3)C1)C2)c1cccc(F)c1. The maximum atomic E-state index is 13.2. The van der Waals surface area contributed by atoms with Gasteiger partial charge in [-0.1, -0.05) is 12.1 Å². The van der Waals surface area contributed by atoms with Crippen molar-refractivity contribution in [3.05, 3.63) is 35.6 Å². The Morgan fingerprint density at radius 1 is 1.21 bits per heavy atom. The van der Waals surface area contributed by atoms with Crippen LogP contribution < -0.4 is 0 Å². The molecule has 1 aromatic rings. The van der Waals surface area contributed by atoms with E-state index >= 15 is 0 Å². The summed E-state index contributed by atoms with van der Waals surface area (Å²) in [6, 6.07) is 5.44. The summed E-state index contributed by atoms with van der Waals surface area (Å²) in [6.45, 7) is -0.339. The van der Waals surface area contributed by atoms with Crippen LogP contribution in [0.15, 0.2) is 24.3 Å². The fourth-order valence-electron chi connectivity index (χ4n) is 5.42. The zero-order valence-electron chi connectivity index (χ0n) is 13.4. The molecule has 0 heterocycles. The fourth-order valence-corrected chi connectivity index (χ4v) is 6.11. The summed E-state index contributed by atoms with van der Waals surface area (Å²) >= 11 is 6.72. The van der Waals surface area contributed by atoms with Crippen molar-refractivity contribution in [1.82, 2.24) is 0 Å². The van der Waals surface area contributed by atoms with Crippen molar-refractivity contribution in [1.29, 1.82) is 0 Å².